The highest BCUT2D eigenvalue weighted by Crippen LogP contribution is 2.28. The molecule has 0 saturated carbocycles. The van der Waals surface area contributed by atoms with E-state index in [1.807, 2.05) is 19.1 Å². The van der Waals surface area contributed by atoms with Crippen LogP contribution in [0.3, 0.4) is 0 Å². The number of methoxy groups -OCH3 is 1. The van der Waals surface area contributed by atoms with E-state index in [1.165, 1.54) is 5.56 Å². The first-order valence-corrected chi connectivity index (χ1v) is 7.89. The fourth-order valence-corrected chi connectivity index (χ4v) is 2.55. The molecule has 2 unspecified atom stereocenters. The second kappa shape index (κ2) is 8.20. The molecule has 2 atom stereocenters. The van der Waals surface area contributed by atoms with Crippen molar-refractivity contribution < 1.29 is 14.2 Å². The van der Waals surface area contributed by atoms with E-state index in [0.29, 0.717) is 18.8 Å². The second-order valence-corrected chi connectivity index (χ2v) is 5.95. The highest BCUT2D eigenvalue weighted by atomic mass is 16.5. The average molecular weight is 305 g/mol. The minimum Gasteiger partial charge on any atom is -0.493 e. The van der Waals surface area contributed by atoms with Crippen LogP contribution in [0.1, 0.15) is 32.3 Å². The number of hydrogen-bond donors (Lipinski definition) is 1. The van der Waals surface area contributed by atoms with Crippen LogP contribution in [0.15, 0.2) is 30.4 Å². The van der Waals surface area contributed by atoms with Gasteiger partial charge in [0.25, 0.3) is 0 Å². The van der Waals surface area contributed by atoms with Gasteiger partial charge < -0.3 is 19.5 Å². The third-order valence-corrected chi connectivity index (χ3v) is 3.85. The Labute approximate surface area is 133 Å². The van der Waals surface area contributed by atoms with E-state index in [-0.39, 0.29) is 0 Å². The number of benzene rings is 1. The number of hydrogen-bond acceptors (Lipinski definition) is 4. The molecule has 0 spiro atoms. The van der Waals surface area contributed by atoms with Crippen LogP contribution in [0.2, 0.25) is 0 Å². The zero-order chi connectivity index (χ0) is 15.9. The lowest BCUT2D eigenvalue weighted by Gasteiger charge is -2.20. The number of ether oxygens (including phenoxy) is 3. The summed E-state index contributed by atoms with van der Waals surface area (Å²) in [7, 11) is 1.65. The molecule has 122 valence electrons. The van der Waals surface area contributed by atoms with E-state index < -0.39 is 0 Å². The summed E-state index contributed by atoms with van der Waals surface area (Å²) in [4.78, 5) is 0. The van der Waals surface area contributed by atoms with Crippen LogP contribution < -0.4 is 14.8 Å². The van der Waals surface area contributed by atoms with Gasteiger partial charge in [-0.05, 0) is 50.0 Å². The Morgan fingerprint density at radius 2 is 2.27 bits per heavy atom. The van der Waals surface area contributed by atoms with Crippen molar-refractivity contribution in [2.45, 2.75) is 45.4 Å². The topological polar surface area (TPSA) is 39.7 Å². The maximum Gasteiger partial charge on any atom is 0.161 e. The standard InChI is InChI=1S/C18H27NO3/c1-13(2)12-22-18-10-15(7-8-17(18)20-4)11-19-14(3)16-6-5-9-21-16/h7-8,10,14,16,19H,1,5-6,9,11-12H2,2-4H3. The van der Waals surface area contributed by atoms with Gasteiger partial charge in [-0.2, -0.15) is 0 Å². The van der Waals surface area contributed by atoms with Crippen LogP contribution in [0.25, 0.3) is 0 Å². The molecule has 0 aromatic heterocycles. The molecule has 22 heavy (non-hydrogen) atoms. The molecule has 0 amide bonds. The van der Waals surface area contributed by atoms with Crippen molar-refractivity contribution >= 4 is 0 Å². The first kappa shape index (κ1) is 16.8. The Morgan fingerprint density at radius 1 is 1.45 bits per heavy atom. The molecule has 1 aromatic carbocycles. The Morgan fingerprint density at radius 3 is 2.91 bits per heavy atom. The SMILES string of the molecule is C=C(C)COc1cc(CNC(C)C2CCCO2)ccc1OC. The largest absolute Gasteiger partial charge is 0.493 e. The van der Waals surface area contributed by atoms with Crippen LogP contribution in [0.5, 0.6) is 11.5 Å². The van der Waals surface area contributed by atoms with Gasteiger partial charge in [0, 0.05) is 19.2 Å². The first-order chi connectivity index (χ1) is 10.6. The van der Waals surface area contributed by atoms with E-state index in [1.54, 1.807) is 7.11 Å². The van der Waals surface area contributed by atoms with Crippen LogP contribution in [0.4, 0.5) is 0 Å². The van der Waals surface area contributed by atoms with Crippen molar-refractivity contribution in [3.63, 3.8) is 0 Å². The van der Waals surface area contributed by atoms with Crippen LogP contribution in [-0.4, -0.2) is 32.5 Å². The normalized spacial score (nSPS) is 19.0. The van der Waals surface area contributed by atoms with E-state index in [2.05, 4.69) is 24.9 Å². The molecule has 0 aliphatic carbocycles. The molecule has 1 N–H and O–H groups in total. The smallest absolute Gasteiger partial charge is 0.161 e. The van der Waals surface area contributed by atoms with Crippen molar-refractivity contribution in [1.29, 1.82) is 0 Å². The van der Waals surface area contributed by atoms with Crippen molar-refractivity contribution in [3.05, 3.63) is 35.9 Å². The first-order valence-electron chi connectivity index (χ1n) is 7.89. The zero-order valence-electron chi connectivity index (χ0n) is 13.9. The Hall–Kier alpha value is -1.52. The van der Waals surface area contributed by atoms with Crippen LogP contribution >= 0.6 is 0 Å². The molecular formula is C18H27NO3. The summed E-state index contributed by atoms with van der Waals surface area (Å²) in [6.45, 7) is 10.2. The molecule has 4 heteroatoms. The van der Waals surface area contributed by atoms with Gasteiger partial charge in [0.15, 0.2) is 11.5 Å². The molecule has 2 rings (SSSR count). The van der Waals surface area contributed by atoms with Gasteiger partial charge in [0.05, 0.1) is 13.2 Å². The quantitative estimate of drug-likeness (QED) is 0.748. The lowest BCUT2D eigenvalue weighted by molar-refractivity contribution is 0.0832. The molecule has 0 bridgehead atoms. The van der Waals surface area contributed by atoms with Gasteiger partial charge in [-0.25, -0.2) is 0 Å². The lowest BCUT2D eigenvalue weighted by atomic mass is 10.1. The summed E-state index contributed by atoms with van der Waals surface area (Å²) in [5.41, 5.74) is 2.15. The third-order valence-electron chi connectivity index (χ3n) is 3.85. The molecule has 4 nitrogen and oxygen atoms in total. The molecule has 1 heterocycles. The summed E-state index contributed by atoms with van der Waals surface area (Å²) < 4.78 is 16.8. The van der Waals surface area contributed by atoms with Gasteiger partial charge in [0.1, 0.15) is 6.61 Å². The highest BCUT2D eigenvalue weighted by molar-refractivity contribution is 5.43. The second-order valence-electron chi connectivity index (χ2n) is 5.95. The van der Waals surface area contributed by atoms with Crippen molar-refractivity contribution in [1.82, 2.24) is 5.32 Å². The fourth-order valence-electron chi connectivity index (χ4n) is 2.55. The van der Waals surface area contributed by atoms with E-state index >= 15 is 0 Å². The molecular weight excluding hydrogens is 278 g/mol. The minimum atomic E-state index is 0.331. The average Bonchev–Trinajstić information content (AvgIpc) is 3.05. The van der Waals surface area contributed by atoms with E-state index in [9.17, 15) is 0 Å². The lowest BCUT2D eigenvalue weighted by Crippen LogP contribution is -2.36. The summed E-state index contributed by atoms with van der Waals surface area (Å²) in [5.74, 6) is 1.51. The molecule has 1 aliphatic heterocycles. The molecule has 1 aliphatic rings. The van der Waals surface area contributed by atoms with Gasteiger partial charge in [0.2, 0.25) is 0 Å². The number of nitrogens with one attached hydrogen (secondary N) is 1. The fraction of sp³-hybridized carbons (Fsp3) is 0.556. The predicted molar refractivity (Wildman–Crippen MR) is 88.6 cm³/mol. The minimum absolute atomic E-state index is 0.331. The zero-order valence-corrected chi connectivity index (χ0v) is 13.9. The van der Waals surface area contributed by atoms with Crippen molar-refractivity contribution in [2.75, 3.05) is 20.3 Å². The maximum atomic E-state index is 5.76. The summed E-state index contributed by atoms with van der Waals surface area (Å²) >= 11 is 0. The molecule has 1 saturated heterocycles. The van der Waals surface area contributed by atoms with Gasteiger partial charge in [-0.1, -0.05) is 12.6 Å². The van der Waals surface area contributed by atoms with Crippen molar-refractivity contribution in [3.8, 4) is 11.5 Å². The summed E-state index contributed by atoms with van der Waals surface area (Å²) in [5, 5.41) is 3.53. The summed E-state index contributed by atoms with van der Waals surface area (Å²) in [6.07, 6.45) is 2.64. The third kappa shape index (κ3) is 4.75. The highest BCUT2D eigenvalue weighted by Gasteiger charge is 2.21. The monoisotopic (exact) mass is 305 g/mol. The Bertz CT molecular complexity index is 495. The van der Waals surface area contributed by atoms with Crippen LogP contribution in [-0.2, 0) is 11.3 Å². The van der Waals surface area contributed by atoms with Crippen molar-refractivity contribution in [2.24, 2.45) is 0 Å². The molecule has 1 aromatic rings. The van der Waals surface area contributed by atoms with E-state index in [0.717, 1.165) is 43.1 Å². The number of rotatable bonds is 8. The molecule has 0 radical (unpaired) electrons. The predicted octanol–water partition coefficient (Wildman–Crippen LogP) is 3.31. The van der Waals surface area contributed by atoms with Gasteiger partial charge >= 0.3 is 0 Å². The van der Waals surface area contributed by atoms with Gasteiger partial charge in [-0.3, -0.25) is 0 Å². The van der Waals surface area contributed by atoms with E-state index in [4.69, 9.17) is 14.2 Å². The molecule has 1 fully saturated rings. The maximum absolute atomic E-state index is 5.76. The van der Waals surface area contributed by atoms with Gasteiger partial charge in [-0.15, -0.1) is 0 Å². The Balaban J connectivity index is 1.95. The summed E-state index contributed by atoms with van der Waals surface area (Å²) in [6, 6.07) is 6.38. The Kier molecular flexibility index (Phi) is 6.28. The van der Waals surface area contributed by atoms with Crippen LogP contribution in [0, 0.1) is 0 Å².